The van der Waals surface area contributed by atoms with Crippen molar-refractivity contribution in [2.24, 2.45) is 0 Å². The number of fused-ring (bicyclic) bond motifs is 11. The van der Waals surface area contributed by atoms with Gasteiger partial charge in [-0.2, -0.15) is 0 Å². The number of ether oxygens (including phenoxy) is 1. The SMILES string of the molecule is C1=CC2=C(CC1)C1(c3ccccc3Oc3c(-c4ccc(-c5cc(-c6ccc7c(ccc8ccccc87)c6)nc(-c6ccccc6)n5)cc4)cccc31)c1ccccc12. The molecule has 0 radical (unpaired) electrons. The van der Waals surface area contributed by atoms with Crippen LogP contribution >= 0.6 is 0 Å². The molecule has 1 atom stereocenters. The largest absolute Gasteiger partial charge is 0.456 e. The average Bonchev–Trinajstić information content (AvgIpc) is 3.59. The van der Waals surface area contributed by atoms with Crippen LogP contribution in [0.2, 0.25) is 0 Å². The third-order valence-electron chi connectivity index (χ3n) is 12.5. The van der Waals surface area contributed by atoms with Crippen LogP contribution < -0.4 is 4.74 Å². The number of hydrogen-bond donors (Lipinski definition) is 0. The minimum Gasteiger partial charge on any atom is -0.456 e. The summed E-state index contributed by atoms with van der Waals surface area (Å²) in [6.07, 6.45) is 6.71. The molecule has 3 heteroatoms. The van der Waals surface area contributed by atoms with Gasteiger partial charge < -0.3 is 4.74 Å². The van der Waals surface area contributed by atoms with E-state index in [9.17, 15) is 0 Å². The highest BCUT2D eigenvalue weighted by atomic mass is 16.5. The molecular formula is C55H36N2O. The Morgan fingerprint density at radius 3 is 2.03 bits per heavy atom. The topological polar surface area (TPSA) is 35.0 Å². The predicted molar refractivity (Wildman–Crippen MR) is 237 cm³/mol. The van der Waals surface area contributed by atoms with Crippen molar-refractivity contribution in [1.29, 1.82) is 0 Å². The third kappa shape index (κ3) is 4.86. The fourth-order valence-corrected chi connectivity index (χ4v) is 9.87. The van der Waals surface area contributed by atoms with Gasteiger partial charge in [-0.1, -0.05) is 176 Å². The van der Waals surface area contributed by atoms with Gasteiger partial charge in [-0.05, 0) is 80.4 Å². The summed E-state index contributed by atoms with van der Waals surface area (Å²) in [6, 6.07) is 65.1. The van der Waals surface area contributed by atoms with Gasteiger partial charge in [0.05, 0.1) is 16.8 Å². The molecule has 0 amide bonds. The van der Waals surface area contributed by atoms with Gasteiger partial charge in [0.2, 0.25) is 0 Å². The van der Waals surface area contributed by atoms with E-state index in [0.29, 0.717) is 5.82 Å². The van der Waals surface area contributed by atoms with E-state index in [1.165, 1.54) is 54.9 Å². The lowest BCUT2D eigenvalue weighted by molar-refractivity contribution is 0.433. The van der Waals surface area contributed by atoms with Gasteiger partial charge in [-0.3, -0.25) is 0 Å². The van der Waals surface area contributed by atoms with E-state index in [-0.39, 0.29) is 0 Å². The molecular weight excluding hydrogens is 705 g/mol. The highest BCUT2D eigenvalue weighted by Gasteiger charge is 2.52. The molecule has 1 unspecified atom stereocenters. The van der Waals surface area contributed by atoms with Crippen molar-refractivity contribution in [3.63, 3.8) is 0 Å². The van der Waals surface area contributed by atoms with Gasteiger partial charge in [-0.15, -0.1) is 0 Å². The first-order valence-electron chi connectivity index (χ1n) is 20.1. The van der Waals surface area contributed by atoms with Crippen LogP contribution in [0, 0.1) is 0 Å². The van der Waals surface area contributed by atoms with Crippen molar-refractivity contribution in [2.75, 3.05) is 0 Å². The number of allylic oxidation sites excluding steroid dienone is 4. The molecule has 272 valence electrons. The lowest BCUT2D eigenvalue weighted by Gasteiger charge is -2.41. The summed E-state index contributed by atoms with van der Waals surface area (Å²) >= 11 is 0. The summed E-state index contributed by atoms with van der Waals surface area (Å²) in [5.74, 6) is 2.54. The monoisotopic (exact) mass is 740 g/mol. The van der Waals surface area contributed by atoms with Gasteiger partial charge in [0.25, 0.3) is 0 Å². The normalized spacial score (nSPS) is 16.2. The summed E-state index contributed by atoms with van der Waals surface area (Å²) in [5.41, 5.74) is 14.5. The van der Waals surface area contributed by atoms with Crippen molar-refractivity contribution < 1.29 is 4.74 Å². The first kappa shape index (κ1) is 32.8. The van der Waals surface area contributed by atoms with E-state index in [0.717, 1.165) is 63.5 Å². The molecule has 58 heavy (non-hydrogen) atoms. The fraction of sp³-hybridized carbons (Fsp3) is 0.0545. The fourth-order valence-electron chi connectivity index (χ4n) is 9.87. The second-order valence-electron chi connectivity index (χ2n) is 15.5. The molecule has 0 saturated carbocycles. The highest BCUT2D eigenvalue weighted by molar-refractivity contribution is 6.08. The van der Waals surface area contributed by atoms with E-state index in [1.54, 1.807) is 0 Å². The number of nitrogens with zero attached hydrogens (tertiary/aromatic N) is 2. The molecule has 2 heterocycles. The van der Waals surface area contributed by atoms with E-state index < -0.39 is 5.41 Å². The number of aromatic nitrogens is 2. The first-order valence-corrected chi connectivity index (χ1v) is 20.1. The highest BCUT2D eigenvalue weighted by Crippen LogP contribution is 2.63. The van der Waals surface area contributed by atoms with Crippen molar-refractivity contribution in [3.05, 3.63) is 222 Å². The van der Waals surface area contributed by atoms with Crippen molar-refractivity contribution >= 4 is 27.1 Å². The molecule has 12 rings (SSSR count). The van der Waals surface area contributed by atoms with Crippen molar-refractivity contribution in [1.82, 2.24) is 9.97 Å². The summed E-state index contributed by atoms with van der Waals surface area (Å²) < 4.78 is 6.98. The van der Waals surface area contributed by atoms with Crippen LogP contribution in [0.25, 0.3) is 72.1 Å². The van der Waals surface area contributed by atoms with Crippen LogP contribution in [0.4, 0.5) is 0 Å². The molecule has 2 aliphatic carbocycles. The maximum atomic E-state index is 6.98. The molecule has 3 aliphatic rings. The van der Waals surface area contributed by atoms with Crippen molar-refractivity contribution in [2.45, 2.75) is 18.3 Å². The Balaban J connectivity index is 0.984. The quantitative estimate of drug-likeness (QED) is 0.169. The zero-order valence-electron chi connectivity index (χ0n) is 31.7. The molecule has 3 nitrogen and oxygen atoms in total. The van der Waals surface area contributed by atoms with Gasteiger partial charge in [-0.25, -0.2) is 9.97 Å². The summed E-state index contributed by atoms with van der Waals surface area (Å²) in [7, 11) is 0. The minimum absolute atomic E-state index is 0.419. The Labute approximate surface area is 337 Å². The Morgan fingerprint density at radius 1 is 0.466 bits per heavy atom. The number of hydrogen-bond acceptors (Lipinski definition) is 3. The second kappa shape index (κ2) is 12.8. The Kier molecular flexibility index (Phi) is 7.27. The summed E-state index contributed by atoms with van der Waals surface area (Å²) in [5, 5.41) is 4.92. The number of rotatable bonds is 4. The molecule has 0 fully saturated rings. The van der Waals surface area contributed by atoms with E-state index in [2.05, 4.69) is 176 Å². The van der Waals surface area contributed by atoms with Gasteiger partial charge in [0, 0.05) is 33.4 Å². The third-order valence-corrected chi connectivity index (χ3v) is 12.5. The van der Waals surface area contributed by atoms with E-state index in [4.69, 9.17) is 14.7 Å². The molecule has 0 saturated heterocycles. The zero-order valence-corrected chi connectivity index (χ0v) is 31.7. The van der Waals surface area contributed by atoms with Crippen LogP contribution in [-0.2, 0) is 5.41 Å². The lowest BCUT2D eigenvalue weighted by Crippen LogP contribution is -2.33. The lowest BCUT2D eigenvalue weighted by atomic mass is 9.63. The maximum absolute atomic E-state index is 6.98. The standard InChI is InChI=1S/C55H36N2O/c1-2-14-38(15-3-1)54-56-50(34-51(57-54)40-31-32-42-39(33-40)30-27-35-13-4-5-16-41(35)42)37-28-25-36(26-29-37)43-19-12-23-49-53(43)58-52-24-11-10-22-48(52)55(49)46-20-8-6-17-44(46)45-18-7-9-21-47(45)55/h1-8,10-20,22-34H,9,21H2. The average molecular weight is 741 g/mol. The first-order chi connectivity index (χ1) is 28.7. The van der Waals surface area contributed by atoms with Gasteiger partial charge in [0.15, 0.2) is 5.82 Å². The summed E-state index contributed by atoms with van der Waals surface area (Å²) in [4.78, 5) is 10.3. The molecule has 9 aromatic rings. The van der Waals surface area contributed by atoms with Gasteiger partial charge >= 0.3 is 0 Å². The summed E-state index contributed by atoms with van der Waals surface area (Å²) in [6.45, 7) is 0. The number of para-hydroxylation sites is 2. The van der Waals surface area contributed by atoms with Crippen LogP contribution in [0.15, 0.2) is 200 Å². The Hall–Kier alpha value is -7.36. The van der Waals surface area contributed by atoms with Crippen molar-refractivity contribution in [3.8, 4) is 56.5 Å². The zero-order chi connectivity index (χ0) is 38.2. The van der Waals surface area contributed by atoms with Crippen LogP contribution in [0.3, 0.4) is 0 Å². The molecule has 1 aliphatic heterocycles. The molecule has 1 aromatic heterocycles. The van der Waals surface area contributed by atoms with Crippen LogP contribution in [-0.4, -0.2) is 9.97 Å². The molecule has 8 aromatic carbocycles. The molecule has 0 N–H and O–H groups in total. The van der Waals surface area contributed by atoms with Crippen LogP contribution in [0.5, 0.6) is 11.5 Å². The molecule has 0 bridgehead atoms. The Bertz CT molecular complexity index is 3200. The molecule has 1 spiro atoms. The smallest absolute Gasteiger partial charge is 0.160 e. The van der Waals surface area contributed by atoms with Crippen LogP contribution in [0.1, 0.15) is 35.1 Å². The van der Waals surface area contributed by atoms with E-state index in [1.807, 2.05) is 18.2 Å². The predicted octanol–water partition coefficient (Wildman–Crippen LogP) is 14.0. The van der Waals surface area contributed by atoms with Gasteiger partial charge in [0.1, 0.15) is 11.5 Å². The number of benzene rings is 8. The minimum atomic E-state index is -0.419. The second-order valence-corrected chi connectivity index (χ2v) is 15.5. The van der Waals surface area contributed by atoms with E-state index >= 15 is 0 Å². The maximum Gasteiger partial charge on any atom is 0.160 e. The Morgan fingerprint density at radius 2 is 1.14 bits per heavy atom.